The molecule has 54 valence electrons. The lowest BCUT2D eigenvalue weighted by Crippen LogP contribution is -1.93. The van der Waals surface area contributed by atoms with Gasteiger partial charge in [-0.2, -0.15) is 0 Å². The van der Waals surface area contributed by atoms with Crippen LogP contribution in [0.1, 0.15) is 0 Å². The number of carboxylic acid groups (broad SMARTS) is 2. The molecule has 0 aromatic rings. The van der Waals surface area contributed by atoms with E-state index in [9.17, 15) is 9.59 Å². The molecule has 2 N–H and O–H groups in total. The normalized spacial score (nSPS) is 10.8. The van der Waals surface area contributed by atoms with E-state index < -0.39 is 11.9 Å². The lowest BCUT2D eigenvalue weighted by atomic mass is 10.6. The van der Waals surface area contributed by atoms with Crippen LogP contribution in [0, 0.1) is 0 Å². The van der Waals surface area contributed by atoms with Crippen LogP contribution in [0.5, 0.6) is 0 Å². The monoisotopic (exact) mass is 143 g/mol. The van der Waals surface area contributed by atoms with Crippen molar-refractivity contribution in [2.45, 2.75) is 0 Å². The fourth-order valence-corrected chi connectivity index (χ4v) is 0.214. The molecule has 5 heteroatoms. The van der Waals surface area contributed by atoms with Crippen LogP contribution >= 0.6 is 0 Å². The molecule has 5 nitrogen and oxygen atoms in total. The molecular weight excluding hydrogens is 138 g/mol. The molecule has 10 heavy (non-hydrogen) atoms. The van der Waals surface area contributed by atoms with Crippen molar-refractivity contribution in [1.82, 2.24) is 0 Å². The predicted molar refractivity (Wildman–Crippen MR) is 32.9 cm³/mol. The Hall–Kier alpha value is -1.65. The quantitative estimate of drug-likeness (QED) is 0.421. The molecule has 0 atom stereocenters. The van der Waals surface area contributed by atoms with E-state index >= 15 is 0 Å². The van der Waals surface area contributed by atoms with Gasteiger partial charge in [-0.3, -0.25) is 4.99 Å². The van der Waals surface area contributed by atoms with Crippen LogP contribution in [-0.2, 0) is 9.59 Å². The summed E-state index contributed by atoms with van der Waals surface area (Å²) in [5.74, 6) is -2.38. The second-order valence-corrected chi connectivity index (χ2v) is 1.27. The Kier molecular flexibility index (Phi) is 3.55. The molecular formula is C5H5NO4. The number of rotatable bonds is 3. The topological polar surface area (TPSA) is 87.0 Å². The average Bonchev–Trinajstić information content (AvgIpc) is 1.79. The van der Waals surface area contributed by atoms with Crippen molar-refractivity contribution in [1.29, 1.82) is 0 Å². The molecule has 0 unspecified atom stereocenters. The van der Waals surface area contributed by atoms with E-state index in [1.54, 1.807) is 0 Å². The summed E-state index contributed by atoms with van der Waals surface area (Å²) >= 11 is 0. The van der Waals surface area contributed by atoms with E-state index in [2.05, 4.69) is 4.99 Å². The maximum Gasteiger partial charge on any atom is 0.346 e. The molecule has 0 aromatic heterocycles. The van der Waals surface area contributed by atoms with E-state index in [1.165, 1.54) is 0 Å². The third-order valence-electron chi connectivity index (χ3n) is 0.488. The molecule has 0 saturated heterocycles. The molecule has 0 heterocycles. The van der Waals surface area contributed by atoms with Gasteiger partial charge in [0.05, 0.1) is 0 Å². The number of carbonyl (C=O) groups is 2. The number of hydrogen-bond acceptors (Lipinski definition) is 3. The summed E-state index contributed by atoms with van der Waals surface area (Å²) in [5.41, 5.74) is 0. The van der Waals surface area contributed by atoms with E-state index in [0.29, 0.717) is 6.21 Å². The Morgan fingerprint density at radius 3 is 2.20 bits per heavy atom. The molecule has 0 spiro atoms. The molecule has 0 aromatic carbocycles. The standard InChI is InChI=1S/C5H5NO4/c7-4(8)1-2-6-3-5(9)10/h1-3H,(H,7,8)(H,9,10). The van der Waals surface area contributed by atoms with Crippen LogP contribution in [0.15, 0.2) is 17.3 Å². The first-order valence-electron chi connectivity index (χ1n) is 2.28. The van der Waals surface area contributed by atoms with Gasteiger partial charge in [-0.05, 0) is 0 Å². The zero-order chi connectivity index (χ0) is 7.98. The summed E-state index contributed by atoms with van der Waals surface area (Å²) in [7, 11) is 0. The van der Waals surface area contributed by atoms with Gasteiger partial charge in [0.15, 0.2) is 0 Å². The van der Waals surface area contributed by atoms with Gasteiger partial charge < -0.3 is 10.2 Å². The number of hydrogen-bond donors (Lipinski definition) is 2. The highest BCUT2D eigenvalue weighted by molar-refractivity contribution is 6.22. The summed E-state index contributed by atoms with van der Waals surface area (Å²) in [4.78, 5) is 22.6. The third-order valence-corrected chi connectivity index (χ3v) is 0.488. The van der Waals surface area contributed by atoms with Crippen LogP contribution < -0.4 is 0 Å². The zero-order valence-corrected chi connectivity index (χ0v) is 4.89. The van der Waals surface area contributed by atoms with Gasteiger partial charge in [0.25, 0.3) is 0 Å². The summed E-state index contributed by atoms with van der Waals surface area (Å²) in [6, 6.07) is 0. The lowest BCUT2D eigenvalue weighted by molar-refractivity contribution is -0.131. The van der Waals surface area contributed by atoms with Crippen LogP contribution in [0.2, 0.25) is 0 Å². The van der Waals surface area contributed by atoms with Crippen LogP contribution in [0.3, 0.4) is 0 Å². The van der Waals surface area contributed by atoms with Crippen molar-refractivity contribution < 1.29 is 19.8 Å². The molecule has 0 amide bonds. The second kappa shape index (κ2) is 4.25. The van der Waals surface area contributed by atoms with Gasteiger partial charge in [0.1, 0.15) is 6.21 Å². The maximum absolute atomic E-state index is 9.74. The number of carboxylic acids is 2. The minimum Gasteiger partial charge on any atom is -0.478 e. The SMILES string of the molecule is O=C(O)C=CN=CC(=O)O. The molecule has 0 bridgehead atoms. The summed E-state index contributed by atoms with van der Waals surface area (Å²) in [6.45, 7) is 0. The predicted octanol–water partition coefficient (Wildman–Crippen LogP) is -0.260. The zero-order valence-electron chi connectivity index (χ0n) is 4.89. The van der Waals surface area contributed by atoms with Gasteiger partial charge in [0, 0.05) is 12.3 Å². The highest BCUT2D eigenvalue weighted by Crippen LogP contribution is 1.72. The lowest BCUT2D eigenvalue weighted by Gasteiger charge is -1.75. The van der Waals surface area contributed by atoms with Crippen molar-refractivity contribution in [2.75, 3.05) is 0 Å². The molecule has 0 radical (unpaired) electrons. The maximum atomic E-state index is 9.74. The number of nitrogens with zero attached hydrogens (tertiary/aromatic N) is 1. The molecule has 0 fully saturated rings. The van der Waals surface area contributed by atoms with Gasteiger partial charge >= 0.3 is 11.9 Å². The van der Waals surface area contributed by atoms with Crippen molar-refractivity contribution in [3.05, 3.63) is 12.3 Å². The first-order chi connectivity index (χ1) is 4.63. The van der Waals surface area contributed by atoms with Crippen molar-refractivity contribution >= 4 is 18.2 Å². The highest BCUT2D eigenvalue weighted by Gasteiger charge is 1.84. The van der Waals surface area contributed by atoms with Crippen LogP contribution in [0.4, 0.5) is 0 Å². The molecule has 0 aliphatic rings. The molecule has 0 aliphatic heterocycles. The van der Waals surface area contributed by atoms with E-state index in [-0.39, 0.29) is 0 Å². The van der Waals surface area contributed by atoms with Gasteiger partial charge in [-0.15, -0.1) is 0 Å². The summed E-state index contributed by atoms with van der Waals surface area (Å²) < 4.78 is 0. The highest BCUT2D eigenvalue weighted by atomic mass is 16.4. The number of aliphatic carboxylic acids is 2. The van der Waals surface area contributed by atoms with E-state index in [0.717, 1.165) is 12.3 Å². The Morgan fingerprint density at radius 2 is 1.80 bits per heavy atom. The van der Waals surface area contributed by atoms with Crippen molar-refractivity contribution in [3.63, 3.8) is 0 Å². The van der Waals surface area contributed by atoms with Crippen LogP contribution in [0.25, 0.3) is 0 Å². The Labute approximate surface area is 56.3 Å². The minimum atomic E-state index is -1.21. The molecule has 0 saturated carbocycles. The minimum absolute atomic E-state index is 0.597. The third kappa shape index (κ3) is 6.35. The smallest absolute Gasteiger partial charge is 0.346 e. The second-order valence-electron chi connectivity index (χ2n) is 1.27. The van der Waals surface area contributed by atoms with E-state index in [1.807, 2.05) is 0 Å². The molecule has 0 rings (SSSR count). The summed E-state index contributed by atoms with van der Waals surface area (Å²) in [6.07, 6.45) is 2.22. The van der Waals surface area contributed by atoms with Gasteiger partial charge in [0.2, 0.25) is 0 Å². The van der Waals surface area contributed by atoms with Crippen molar-refractivity contribution in [3.8, 4) is 0 Å². The summed E-state index contributed by atoms with van der Waals surface area (Å²) in [5, 5.41) is 15.9. The fraction of sp³-hybridized carbons (Fsp3) is 0. The fourth-order valence-electron chi connectivity index (χ4n) is 0.214. The largest absolute Gasteiger partial charge is 0.478 e. The van der Waals surface area contributed by atoms with Gasteiger partial charge in [-0.25, -0.2) is 9.59 Å². The molecule has 0 aliphatic carbocycles. The first kappa shape index (κ1) is 8.35. The number of aliphatic imine (C=N–C) groups is 1. The average molecular weight is 143 g/mol. The Balaban J connectivity index is 3.73. The van der Waals surface area contributed by atoms with Crippen molar-refractivity contribution in [2.24, 2.45) is 4.99 Å². The van der Waals surface area contributed by atoms with E-state index in [4.69, 9.17) is 10.2 Å². The Bertz CT molecular complexity index is 172. The Morgan fingerprint density at radius 1 is 1.20 bits per heavy atom. The van der Waals surface area contributed by atoms with Crippen LogP contribution in [-0.4, -0.2) is 28.4 Å². The van der Waals surface area contributed by atoms with Gasteiger partial charge in [-0.1, -0.05) is 0 Å². The first-order valence-corrected chi connectivity index (χ1v) is 2.28.